The van der Waals surface area contributed by atoms with Gasteiger partial charge in [-0.15, -0.1) is 0 Å². The first kappa shape index (κ1) is 12.3. The summed E-state index contributed by atoms with van der Waals surface area (Å²) < 4.78 is 0. The van der Waals surface area contributed by atoms with Crippen molar-refractivity contribution < 1.29 is 10.2 Å². The molecule has 0 spiro atoms. The summed E-state index contributed by atoms with van der Waals surface area (Å²) in [4.78, 5) is 10.7. The lowest BCUT2D eigenvalue weighted by molar-refractivity contribution is 0.244. The molecule has 0 aliphatic carbocycles. The van der Waals surface area contributed by atoms with Crippen molar-refractivity contribution in [3.05, 3.63) is 17.5 Å². The molecule has 0 amide bonds. The van der Waals surface area contributed by atoms with E-state index in [1.807, 2.05) is 6.92 Å². The second kappa shape index (κ2) is 4.98. The van der Waals surface area contributed by atoms with E-state index in [4.69, 9.17) is 5.11 Å². The van der Waals surface area contributed by atoms with Crippen molar-refractivity contribution in [2.75, 3.05) is 18.1 Å². The lowest BCUT2D eigenvalue weighted by Crippen LogP contribution is -2.36. The van der Waals surface area contributed by atoms with E-state index in [1.165, 1.54) is 0 Å². The summed E-state index contributed by atoms with van der Waals surface area (Å²) in [5.41, 5.74) is 1.55. The average molecular weight is 237 g/mol. The van der Waals surface area contributed by atoms with Crippen molar-refractivity contribution in [3.63, 3.8) is 0 Å². The lowest BCUT2D eigenvalue weighted by atomic mass is 10.0. The average Bonchev–Trinajstić information content (AvgIpc) is 2.70. The Hall–Kier alpha value is -1.20. The van der Waals surface area contributed by atoms with Gasteiger partial charge in [0.05, 0.1) is 19.3 Å². The predicted molar refractivity (Wildman–Crippen MR) is 64.7 cm³/mol. The Bertz CT molecular complexity index is 397. The first-order valence-electron chi connectivity index (χ1n) is 5.98. The summed E-state index contributed by atoms with van der Waals surface area (Å²) in [6.07, 6.45) is 2.71. The first-order chi connectivity index (χ1) is 8.17. The minimum absolute atomic E-state index is 0.0358. The number of anilines is 1. The van der Waals surface area contributed by atoms with E-state index in [1.54, 1.807) is 6.20 Å². The number of hydrogen-bond acceptors (Lipinski definition) is 5. The Labute approximate surface area is 101 Å². The molecule has 2 rings (SSSR count). The summed E-state index contributed by atoms with van der Waals surface area (Å²) in [7, 11) is 0. The standard InChI is InChI=1S/C12H19N3O2/c1-8-3-4-15(11(8)7-17)12-13-5-10(6-16)9(2)14-12/h5,8,11,16-17H,3-4,6-7H2,1-2H3. The quantitative estimate of drug-likeness (QED) is 0.800. The number of nitrogens with zero attached hydrogens (tertiary/aromatic N) is 3. The number of aliphatic hydroxyl groups excluding tert-OH is 2. The van der Waals surface area contributed by atoms with Crippen molar-refractivity contribution >= 4 is 5.95 Å². The van der Waals surface area contributed by atoms with Crippen molar-refractivity contribution in [1.82, 2.24) is 9.97 Å². The third-order valence-electron chi connectivity index (χ3n) is 3.57. The molecule has 1 fully saturated rings. The van der Waals surface area contributed by atoms with E-state index in [9.17, 15) is 5.11 Å². The minimum Gasteiger partial charge on any atom is -0.394 e. The second-order valence-corrected chi connectivity index (χ2v) is 4.65. The fourth-order valence-electron chi connectivity index (χ4n) is 2.31. The van der Waals surface area contributed by atoms with E-state index >= 15 is 0 Å². The van der Waals surface area contributed by atoms with Crippen molar-refractivity contribution in [2.45, 2.75) is 32.9 Å². The fraction of sp³-hybridized carbons (Fsp3) is 0.667. The largest absolute Gasteiger partial charge is 0.394 e. The van der Waals surface area contributed by atoms with Gasteiger partial charge in [0.15, 0.2) is 0 Å². The molecule has 2 heterocycles. The summed E-state index contributed by atoms with van der Waals surface area (Å²) in [6.45, 7) is 4.97. The number of hydrogen-bond donors (Lipinski definition) is 2. The van der Waals surface area contributed by atoms with Crippen LogP contribution in [0.15, 0.2) is 6.20 Å². The molecule has 0 aromatic carbocycles. The zero-order valence-corrected chi connectivity index (χ0v) is 10.3. The first-order valence-corrected chi connectivity index (χ1v) is 5.98. The molecule has 1 aliphatic rings. The molecule has 2 atom stereocenters. The maximum Gasteiger partial charge on any atom is 0.225 e. The Balaban J connectivity index is 2.25. The maximum absolute atomic E-state index is 9.40. The second-order valence-electron chi connectivity index (χ2n) is 4.65. The highest BCUT2D eigenvalue weighted by Gasteiger charge is 2.32. The van der Waals surface area contributed by atoms with Crippen LogP contribution in [0.2, 0.25) is 0 Å². The van der Waals surface area contributed by atoms with Gasteiger partial charge < -0.3 is 15.1 Å². The maximum atomic E-state index is 9.40. The van der Waals surface area contributed by atoms with Gasteiger partial charge in [0.1, 0.15) is 0 Å². The van der Waals surface area contributed by atoms with E-state index in [-0.39, 0.29) is 19.3 Å². The number of rotatable bonds is 3. The molecule has 5 nitrogen and oxygen atoms in total. The van der Waals surface area contributed by atoms with Crippen molar-refractivity contribution in [1.29, 1.82) is 0 Å². The topological polar surface area (TPSA) is 69.5 Å². The molecule has 0 radical (unpaired) electrons. The number of aryl methyl sites for hydroxylation is 1. The summed E-state index contributed by atoms with van der Waals surface area (Å²) in [5.74, 6) is 1.12. The third-order valence-corrected chi connectivity index (χ3v) is 3.57. The molecule has 0 saturated carbocycles. The Morgan fingerprint density at radius 3 is 2.82 bits per heavy atom. The van der Waals surface area contributed by atoms with Crippen LogP contribution >= 0.6 is 0 Å². The van der Waals surface area contributed by atoms with Gasteiger partial charge in [-0.1, -0.05) is 6.92 Å². The molecular weight excluding hydrogens is 218 g/mol. The smallest absolute Gasteiger partial charge is 0.225 e. The van der Waals surface area contributed by atoms with Crippen LogP contribution in [-0.4, -0.2) is 39.4 Å². The molecule has 5 heteroatoms. The van der Waals surface area contributed by atoms with Crippen LogP contribution in [0.5, 0.6) is 0 Å². The van der Waals surface area contributed by atoms with E-state index < -0.39 is 0 Å². The zero-order valence-electron chi connectivity index (χ0n) is 10.3. The highest BCUT2D eigenvalue weighted by molar-refractivity contribution is 5.36. The van der Waals surface area contributed by atoms with E-state index in [0.29, 0.717) is 11.9 Å². The van der Waals surface area contributed by atoms with Gasteiger partial charge in [-0.25, -0.2) is 9.97 Å². The van der Waals surface area contributed by atoms with Gasteiger partial charge in [0, 0.05) is 24.0 Å². The SMILES string of the molecule is Cc1nc(N2CCC(C)C2CO)ncc1CO. The van der Waals surface area contributed by atoms with Crippen molar-refractivity contribution in [2.24, 2.45) is 5.92 Å². The number of aliphatic hydroxyl groups is 2. The molecule has 94 valence electrons. The molecule has 1 saturated heterocycles. The van der Waals surface area contributed by atoms with Crippen LogP contribution in [-0.2, 0) is 6.61 Å². The summed E-state index contributed by atoms with van der Waals surface area (Å²) >= 11 is 0. The fourth-order valence-corrected chi connectivity index (χ4v) is 2.31. The predicted octanol–water partition coefficient (Wildman–Crippen LogP) is 0.484. The van der Waals surface area contributed by atoms with Gasteiger partial charge in [-0.05, 0) is 19.3 Å². The van der Waals surface area contributed by atoms with Gasteiger partial charge in [-0.2, -0.15) is 0 Å². The normalized spacial score (nSPS) is 24.4. The molecule has 2 unspecified atom stereocenters. The molecule has 2 N–H and O–H groups in total. The summed E-state index contributed by atoms with van der Waals surface area (Å²) in [5, 5.41) is 18.5. The molecule has 1 aliphatic heterocycles. The Kier molecular flexibility index (Phi) is 3.59. The van der Waals surface area contributed by atoms with Gasteiger partial charge in [0.2, 0.25) is 5.95 Å². The van der Waals surface area contributed by atoms with Crippen LogP contribution < -0.4 is 4.90 Å². The lowest BCUT2D eigenvalue weighted by Gasteiger charge is -2.25. The highest BCUT2D eigenvalue weighted by atomic mass is 16.3. The third kappa shape index (κ3) is 2.25. The van der Waals surface area contributed by atoms with E-state index in [0.717, 1.165) is 24.2 Å². The van der Waals surface area contributed by atoms with Crippen LogP contribution in [0, 0.1) is 12.8 Å². The Morgan fingerprint density at radius 1 is 1.47 bits per heavy atom. The van der Waals surface area contributed by atoms with Gasteiger partial charge >= 0.3 is 0 Å². The Morgan fingerprint density at radius 2 is 2.24 bits per heavy atom. The van der Waals surface area contributed by atoms with Crippen LogP contribution in [0.3, 0.4) is 0 Å². The summed E-state index contributed by atoms with van der Waals surface area (Å²) in [6, 6.07) is 0.106. The highest BCUT2D eigenvalue weighted by Crippen LogP contribution is 2.27. The van der Waals surface area contributed by atoms with Crippen LogP contribution in [0.1, 0.15) is 24.6 Å². The monoisotopic (exact) mass is 237 g/mol. The molecular formula is C12H19N3O2. The minimum atomic E-state index is -0.0358. The van der Waals surface area contributed by atoms with Crippen LogP contribution in [0.4, 0.5) is 5.95 Å². The molecule has 1 aromatic rings. The molecule has 17 heavy (non-hydrogen) atoms. The molecule has 1 aromatic heterocycles. The van der Waals surface area contributed by atoms with Gasteiger partial charge in [-0.3, -0.25) is 0 Å². The number of aromatic nitrogens is 2. The van der Waals surface area contributed by atoms with Crippen LogP contribution in [0.25, 0.3) is 0 Å². The molecule has 0 bridgehead atoms. The van der Waals surface area contributed by atoms with Gasteiger partial charge in [0.25, 0.3) is 0 Å². The zero-order chi connectivity index (χ0) is 12.4. The van der Waals surface area contributed by atoms with E-state index in [2.05, 4.69) is 21.8 Å². The van der Waals surface area contributed by atoms with Crippen molar-refractivity contribution in [3.8, 4) is 0 Å².